The number of hydrogen-bond acceptors (Lipinski definition) is 11. The number of nitrogens with zero attached hydrogens (tertiary/aromatic N) is 1. The van der Waals surface area contributed by atoms with Crippen LogP contribution in [0.15, 0.2) is 17.1 Å². The van der Waals surface area contributed by atoms with Gasteiger partial charge in [-0.15, -0.1) is 0 Å². The molecule has 0 aliphatic carbocycles. The second-order valence-electron chi connectivity index (χ2n) is 5.06. The Kier molecular flexibility index (Phi) is 8.20. The molecule has 0 bridgehead atoms. The first kappa shape index (κ1) is 24.2. The van der Waals surface area contributed by atoms with E-state index in [1.54, 1.807) is 0 Å². The highest BCUT2D eigenvalue weighted by atomic mass is 32.1. The highest BCUT2D eigenvalue weighted by Crippen LogP contribution is 2.60. The van der Waals surface area contributed by atoms with Crippen LogP contribution in [0.2, 0.25) is 0 Å². The fourth-order valence-corrected chi connectivity index (χ4v) is 4.18. The zero-order valence-electron chi connectivity index (χ0n) is 13.8. The molecule has 1 aromatic heterocycles. The SMILES string of the molecule is COP(=O)(O)OP(=O)(O)OC[C@H]1O[C@@H](n2ccc(=O)[nH]c2=S)[C@H](O)[C@@H]1O.N. The molecule has 8 N–H and O–H groups in total. The summed E-state index contributed by atoms with van der Waals surface area (Å²) in [6.07, 6.45) is -4.37. The van der Waals surface area contributed by atoms with E-state index in [0.29, 0.717) is 0 Å². The number of aromatic nitrogens is 2. The first-order chi connectivity index (χ1) is 12.0. The van der Waals surface area contributed by atoms with Gasteiger partial charge in [0.2, 0.25) is 0 Å². The quantitative estimate of drug-likeness (QED) is 0.229. The lowest BCUT2D eigenvalue weighted by molar-refractivity contribution is -0.0533. The summed E-state index contributed by atoms with van der Waals surface area (Å²) in [7, 11) is -9.04. The third-order valence-electron chi connectivity index (χ3n) is 3.30. The molecule has 2 rings (SSSR count). The third kappa shape index (κ3) is 6.09. The summed E-state index contributed by atoms with van der Waals surface area (Å²) in [5.74, 6) is 0. The van der Waals surface area contributed by atoms with Crippen molar-refractivity contribution in [3.63, 3.8) is 0 Å². The molecule has 1 saturated heterocycles. The molecule has 17 heteroatoms. The Hall–Kier alpha value is -0.800. The van der Waals surface area contributed by atoms with Crippen molar-refractivity contribution in [2.45, 2.75) is 24.5 Å². The monoisotopic (exact) mass is 451 g/mol. The van der Waals surface area contributed by atoms with Gasteiger partial charge in [0.05, 0.1) is 6.61 Å². The Morgan fingerprint density at radius 2 is 1.93 bits per heavy atom. The summed E-state index contributed by atoms with van der Waals surface area (Å²) in [5, 5.41) is 20.1. The van der Waals surface area contributed by atoms with Crippen molar-refractivity contribution in [2.24, 2.45) is 0 Å². The van der Waals surface area contributed by atoms with E-state index in [1.807, 2.05) is 0 Å². The third-order valence-corrected chi connectivity index (χ3v) is 6.20. The molecule has 0 spiro atoms. The minimum Gasteiger partial charge on any atom is -0.387 e. The number of ether oxygens (including phenoxy) is 1. The number of aliphatic hydroxyl groups excluding tert-OH is 2. The van der Waals surface area contributed by atoms with Crippen LogP contribution in [0.1, 0.15) is 6.23 Å². The van der Waals surface area contributed by atoms with E-state index in [9.17, 15) is 29.0 Å². The standard InChI is InChI=1S/C10H16N2O11P2S.H3N/c1-20-24(16,17)23-25(18,19)21-4-5-7(14)8(15)9(22-5)12-3-2-6(13)11-10(12)26;/h2-3,5,7-9,14-15H,4H2,1H3,(H,16,17)(H,18,19)(H,11,13,26);1H3/t5-,7-,8-,9-;/m1./s1. The highest BCUT2D eigenvalue weighted by Gasteiger charge is 2.45. The van der Waals surface area contributed by atoms with E-state index in [0.717, 1.165) is 17.7 Å². The van der Waals surface area contributed by atoms with Crippen molar-refractivity contribution < 1.29 is 47.2 Å². The van der Waals surface area contributed by atoms with Gasteiger partial charge in [-0.05, 0) is 12.2 Å². The predicted molar refractivity (Wildman–Crippen MR) is 90.5 cm³/mol. The maximum Gasteiger partial charge on any atom is 0.481 e. The van der Waals surface area contributed by atoms with E-state index < -0.39 is 52.4 Å². The topological polar surface area (TPSA) is 225 Å². The van der Waals surface area contributed by atoms with Crippen LogP contribution < -0.4 is 11.7 Å². The molecule has 0 saturated carbocycles. The van der Waals surface area contributed by atoms with Crippen molar-refractivity contribution in [3.8, 4) is 0 Å². The first-order valence-corrected chi connectivity index (χ1v) is 10.3. The normalized spacial score (nSPS) is 29.5. The van der Waals surface area contributed by atoms with E-state index in [4.69, 9.17) is 21.8 Å². The molecule has 2 heterocycles. The smallest absolute Gasteiger partial charge is 0.387 e. The van der Waals surface area contributed by atoms with E-state index >= 15 is 0 Å². The van der Waals surface area contributed by atoms with Crippen molar-refractivity contribution >= 4 is 27.9 Å². The lowest BCUT2D eigenvalue weighted by Gasteiger charge is -2.18. The van der Waals surface area contributed by atoms with Crippen LogP contribution >= 0.6 is 27.9 Å². The van der Waals surface area contributed by atoms with Crippen molar-refractivity contribution in [3.05, 3.63) is 27.4 Å². The molecule has 6 atom stereocenters. The summed E-state index contributed by atoms with van der Waals surface area (Å²) in [4.78, 5) is 31.9. The molecule has 0 radical (unpaired) electrons. The summed E-state index contributed by atoms with van der Waals surface area (Å²) in [6, 6.07) is 1.11. The Labute approximate surface area is 157 Å². The van der Waals surface area contributed by atoms with Gasteiger partial charge in [-0.2, -0.15) is 4.31 Å². The molecule has 0 aromatic carbocycles. The van der Waals surface area contributed by atoms with Crippen molar-refractivity contribution in [2.75, 3.05) is 13.7 Å². The van der Waals surface area contributed by atoms with Crippen LogP contribution in [0, 0.1) is 4.77 Å². The number of H-pyrrole nitrogens is 1. The minimum atomic E-state index is -5.02. The minimum absolute atomic E-state index is 0. The molecular weight excluding hydrogens is 432 g/mol. The van der Waals surface area contributed by atoms with Gasteiger partial charge in [0.15, 0.2) is 11.0 Å². The summed E-state index contributed by atoms with van der Waals surface area (Å²) >= 11 is 4.93. The van der Waals surface area contributed by atoms with Gasteiger partial charge in [-0.1, -0.05) is 0 Å². The fourth-order valence-electron chi connectivity index (χ4n) is 2.08. The van der Waals surface area contributed by atoms with Gasteiger partial charge in [-0.3, -0.25) is 23.4 Å². The maximum atomic E-state index is 11.6. The number of aliphatic hydroxyl groups is 2. The average Bonchev–Trinajstić information content (AvgIpc) is 2.80. The largest absolute Gasteiger partial charge is 0.481 e. The molecule has 156 valence electrons. The van der Waals surface area contributed by atoms with Gasteiger partial charge >= 0.3 is 15.6 Å². The van der Waals surface area contributed by atoms with E-state index in [2.05, 4.69) is 18.3 Å². The van der Waals surface area contributed by atoms with Crippen LogP contribution in [0.4, 0.5) is 0 Å². The van der Waals surface area contributed by atoms with Crippen LogP contribution in [0.25, 0.3) is 0 Å². The number of aromatic amines is 1. The lowest BCUT2D eigenvalue weighted by atomic mass is 10.1. The second-order valence-corrected chi connectivity index (χ2v) is 8.60. The molecule has 1 aromatic rings. The van der Waals surface area contributed by atoms with Crippen LogP contribution in [-0.4, -0.2) is 61.6 Å². The second kappa shape index (κ2) is 9.13. The lowest BCUT2D eigenvalue weighted by Crippen LogP contribution is -2.34. The molecule has 1 aliphatic rings. The molecule has 1 aliphatic heterocycles. The molecule has 1 fully saturated rings. The van der Waals surface area contributed by atoms with Gasteiger partial charge in [0, 0.05) is 19.4 Å². The molecular formula is C10H19N3O11P2S. The van der Waals surface area contributed by atoms with E-state index in [1.165, 1.54) is 6.20 Å². The zero-order chi connectivity index (χ0) is 19.7. The Bertz CT molecular complexity index is 859. The molecule has 0 amide bonds. The number of nitrogens with one attached hydrogen (secondary N) is 1. The zero-order valence-corrected chi connectivity index (χ0v) is 16.4. The fraction of sp³-hybridized carbons (Fsp3) is 0.600. The number of phosphoric ester groups is 2. The Balaban J connectivity index is 0.00000364. The van der Waals surface area contributed by atoms with Gasteiger partial charge in [0.1, 0.15) is 18.3 Å². The maximum absolute atomic E-state index is 11.6. The van der Waals surface area contributed by atoms with Crippen LogP contribution in [0.5, 0.6) is 0 Å². The highest BCUT2D eigenvalue weighted by molar-refractivity contribution is 7.71. The Morgan fingerprint density at radius 1 is 1.30 bits per heavy atom. The van der Waals surface area contributed by atoms with Gasteiger partial charge < -0.3 is 30.9 Å². The van der Waals surface area contributed by atoms with Crippen LogP contribution in [-0.2, 0) is 27.2 Å². The van der Waals surface area contributed by atoms with Crippen molar-refractivity contribution in [1.29, 1.82) is 0 Å². The predicted octanol–water partition coefficient (Wildman–Crippen LogP) is -0.433. The molecule has 27 heavy (non-hydrogen) atoms. The molecule has 14 nitrogen and oxygen atoms in total. The average molecular weight is 451 g/mol. The summed E-state index contributed by atoms with van der Waals surface area (Å²) < 4.78 is 41.6. The van der Waals surface area contributed by atoms with Gasteiger partial charge in [0.25, 0.3) is 5.56 Å². The Morgan fingerprint density at radius 3 is 2.48 bits per heavy atom. The number of phosphoric acid groups is 2. The number of hydrogen-bond donors (Lipinski definition) is 6. The molecule has 2 unspecified atom stereocenters. The summed E-state index contributed by atoms with van der Waals surface area (Å²) in [6.45, 7) is -0.775. The first-order valence-electron chi connectivity index (χ1n) is 6.86. The van der Waals surface area contributed by atoms with Gasteiger partial charge in [-0.25, -0.2) is 9.13 Å². The van der Waals surface area contributed by atoms with Crippen molar-refractivity contribution in [1.82, 2.24) is 15.7 Å². The van der Waals surface area contributed by atoms with Crippen LogP contribution in [0.3, 0.4) is 0 Å². The van der Waals surface area contributed by atoms with E-state index in [-0.39, 0.29) is 10.9 Å². The number of rotatable bonds is 7. The summed E-state index contributed by atoms with van der Waals surface area (Å²) in [5.41, 5.74) is -0.482.